The maximum absolute atomic E-state index is 11.7. The largest absolute Gasteiger partial charge is 0.368 e. The van der Waals surface area contributed by atoms with Crippen molar-refractivity contribution in [2.24, 2.45) is 0 Å². The number of aromatic nitrogens is 1. The van der Waals surface area contributed by atoms with Gasteiger partial charge >= 0.3 is 0 Å². The van der Waals surface area contributed by atoms with Crippen molar-refractivity contribution in [3.8, 4) is 0 Å². The molecule has 0 saturated carbocycles. The first kappa shape index (κ1) is 14.2. The second-order valence-corrected chi connectivity index (χ2v) is 6.76. The number of carbonyl (C=O) groups excluding carboxylic acids is 2. The first-order valence-electron chi connectivity index (χ1n) is 6.27. The van der Waals surface area contributed by atoms with Gasteiger partial charge in [0.1, 0.15) is 0 Å². The minimum Gasteiger partial charge on any atom is -0.368 e. The summed E-state index contributed by atoms with van der Waals surface area (Å²) in [7, 11) is 1.94. The van der Waals surface area contributed by atoms with Gasteiger partial charge in [-0.2, -0.15) is 0 Å². The molecule has 0 bridgehead atoms. The molecule has 3 rings (SSSR count). The Morgan fingerprint density at radius 2 is 2.14 bits per heavy atom. The molecule has 0 unspecified atom stereocenters. The molecule has 108 valence electrons. The third kappa shape index (κ3) is 2.58. The monoisotopic (exact) mass is 365 g/mol. The van der Waals surface area contributed by atoms with Gasteiger partial charge in [0.15, 0.2) is 0 Å². The molecular formula is C14H12BrN3O2S. The van der Waals surface area contributed by atoms with E-state index in [1.54, 1.807) is 23.5 Å². The number of thiazole rings is 1. The third-order valence-electron chi connectivity index (χ3n) is 3.26. The average molecular weight is 366 g/mol. The van der Waals surface area contributed by atoms with Crippen LogP contribution in [0.3, 0.4) is 0 Å². The number of hydrogen-bond donors (Lipinski definition) is 1. The normalized spacial score (nSPS) is 13.3. The van der Waals surface area contributed by atoms with Crippen LogP contribution in [0.25, 0.3) is 0 Å². The van der Waals surface area contributed by atoms with Crippen LogP contribution >= 0.6 is 27.3 Å². The second-order valence-electron chi connectivity index (χ2n) is 4.85. The fourth-order valence-electron chi connectivity index (χ4n) is 2.26. The van der Waals surface area contributed by atoms with Crippen LogP contribution in [0, 0.1) is 6.92 Å². The Labute approximate surface area is 134 Å². The SMILES string of the molecule is Cc1nc(CN(C)c2cc3c(cc2Br)C(=O)C(=O)N3)cs1. The van der Waals surface area contributed by atoms with E-state index in [2.05, 4.69) is 26.2 Å². The summed E-state index contributed by atoms with van der Waals surface area (Å²) in [6, 6.07) is 3.50. The number of amides is 1. The maximum atomic E-state index is 11.7. The molecule has 1 N–H and O–H groups in total. The Hall–Kier alpha value is -1.73. The van der Waals surface area contributed by atoms with Crippen LogP contribution in [0.4, 0.5) is 11.4 Å². The summed E-state index contributed by atoms with van der Waals surface area (Å²) in [5.41, 5.74) is 2.86. The number of fused-ring (bicyclic) bond motifs is 1. The number of halogens is 1. The van der Waals surface area contributed by atoms with Crippen molar-refractivity contribution in [2.75, 3.05) is 17.3 Å². The smallest absolute Gasteiger partial charge is 0.296 e. The second kappa shape index (κ2) is 5.23. The lowest BCUT2D eigenvalue weighted by Crippen LogP contribution is -2.17. The van der Waals surface area contributed by atoms with E-state index in [9.17, 15) is 9.59 Å². The lowest BCUT2D eigenvalue weighted by molar-refractivity contribution is -0.112. The Morgan fingerprint density at radius 3 is 2.81 bits per heavy atom. The highest BCUT2D eigenvalue weighted by molar-refractivity contribution is 9.10. The molecule has 0 saturated heterocycles. The van der Waals surface area contributed by atoms with Gasteiger partial charge < -0.3 is 10.2 Å². The lowest BCUT2D eigenvalue weighted by Gasteiger charge is -2.20. The summed E-state index contributed by atoms with van der Waals surface area (Å²) in [4.78, 5) is 29.5. The average Bonchev–Trinajstić information content (AvgIpc) is 2.95. The molecule has 0 aliphatic carbocycles. The van der Waals surface area contributed by atoms with Crippen LogP contribution < -0.4 is 10.2 Å². The predicted octanol–water partition coefficient (Wildman–Crippen LogP) is 2.99. The molecule has 1 aromatic carbocycles. The molecule has 5 nitrogen and oxygen atoms in total. The highest BCUT2D eigenvalue weighted by Gasteiger charge is 2.29. The minimum absolute atomic E-state index is 0.411. The number of anilines is 2. The van der Waals surface area contributed by atoms with Gasteiger partial charge in [-0.05, 0) is 35.0 Å². The highest BCUT2D eigenvalue weighted by atomic mass is 79.9. The van der Waals surface area contributed by atoms with Crippen molar-refractivity contribution in [1.82, 2.24) is 4.98 Å². The van der Waals surface area contributed by atoms with E-state index in [4.69, 9.17) is 0 Å². The zero-order valence-electron chi connectivity index (χ0n) is 11.4. The maximum Gasteiger partial charge on any atom is 0.296 e. The number of nitrogens with one attached hydrogen (secondary N) is 1. The van der Waals surface area contributed by atoms with Crippen molar-refractivity contribution < 1.29 is 9.59 Å². The van der Waals surface area contributed by atoms with Crippen LogP contribution in [0.1, 0.15) is 21.1 Å². The summed E-state index contributed by atoms with van der Waals surface area (Å²) in [6.07, 6.45) is 0. The number of benzene rings is 1. The number of nitrogens with zero attached hydrogens (tertiary/aromatic N) is 2. The van der Waals surface area contributed by atoms with E-state index in [1.165, 1.54) is 0 Å². The number of aryl methyl sites for hydroxylation is 1. The van der Waals surface area contributed by atoms with Gasteiger partial charge in [-0.15, -0.1) is 11.3 Å². The molecule has 0 spiro atoms. The number of ketones is 1. The van der Waals surface area contributed by atoms with Gasteiger partial charge in [-0.3, -0.25) is 9.59 Å². The third-order valence-corrected chi connectivity index (χ3v) is 4.72. The van der Waals surface area contributed by atoms with Crippen LogP contribution in [0.15, 0.2) is 22.0 Å². The van der Waals surface area contributed by atoms with Crippen LogP contribution in [-0.2, 0) is 11.3 Å². The number of hydrogen-bond acceptors (Lipinski definition) is 5. The summed E-state index contributed by atoms with van der Waals surface area (Å²) in [6.45, 7) is 2.63. The molecule has 0 fully saturated rings. The summed E-state index contributed by atoms with van der Waals surface area (Å²) >= 11 is 5.08. The van der Waals surface area contributed by atoms with Gasteiger partial charge in [-0.25, -0.2) is 4.98 Å². The van der Waals surface area contributed by atoms with Crippen molar-refractivity contribution >= 4 is 50.3 Å². The van der Waals surface area contributed by atoms with Crippen LogP contribution in [0.5, 0.6) is 0 Å². The van der Waals surface area contributed by atoms with E-state index in [-0.39, 0.29) is 0 Å². The highest BCUT2D eigenvalue weighted by Crippen LogP contribution is 2.35. The molecule has 0 radical (unpaired) electrons. The predicted molar refractivity (Wildman–Crippen MR) is 86.1 cm³/mol. The molecular weight excluding hydrogens is 354 g/mol. The minimum atomic E-state index is -0.577. The summed E-state index contributed by atoms with van der Waals surface area (Å²) < 4.78 is 0.778. The molecule has 1 aromatic heterocycles. The quantitative estimate of drug-likeness (QED) is 0.849. The summed E-state index contributed by atoms with van der Waals surface area (Å²) in [5, 5.41) is 5.65. The molecule has 2 heterocycles. The van der Waals surface area contributed by atoms with Gasteiger partial charge in [-0.1, -0.05) is 0 Å². The zero-order chi connectivity index (χ0) is 15.1. The molecule has 2 aromatic rings. The molecule has 7 heteroatoms. The topological polar surface area (TPSA) is 62.3 Å². The van der Waals surface area contributed by atoms with E-state index in [0.717, 1.165) is 20.9 Å². The van der Waals surface area contributed by atoms with Crippen molar-refractivity contribution in [1.29, 1.82) is 0 Å². The van der Waals surface area contributed by atoms with Gasteiger partial charge in [0, 0.05) is 16.9 Å². The van der Waals surface area contributed by atoms with Crippen molar-refractivity contribution in [2.45, 2.75) is 13.5 Å². The zero-order valence-corrected chi connectivity index (χ0v) is 13.8. The van der Waals surface area contributed by atoms with Crippen molar-refractivity contribution in [3.05, 3.63) is 38.3 Å². The van der Waals surface area contributed by atoms with E-state index >= 15 is 0 Å². The lowest BCUT2D eigenvalue weighted by atomic mass is 10.1. The number of rotatable bonds is 3. The standard InChI is InChI=1S/C14H12BrN3O2S/c1-7-16-8(6-21-7)5-18(2)12-4-11-9(3-10(12)15)13(19)14(20)17-11/h3-4,6H,5H2,1-2H3,(H,17,19,20). The van der Waals surface area contributed by atoms with Gasteiger partial charge in [0.2, 0.25) is 0 Å². The Kier molecular flexibility index (Phi) is 3.54. The number of carbonyl (C=O) groups is 2. The van der Waals surface area contributed by atoms with E-state index < -0.39 is 11.7 Å². The fourth-order valence-corrected chi connectivity index (χ4v) is 3.51. The Morgan fingerprint density at radius 1 is 1.38 bits per heavy atom. The first-order chi connectivity index (χ1) is 9.95. The van der Waals surface area contributed by atoms with E-state index in [0.29, 0.717) is 17.8 Å². The Bertz CT molecular complexity index is 757. The number of Topliss-reactive ketones (excluding diaryl/α,β-unsaturated/α-hetero) is 1. The molecule has 1 aliphatic rings. The van der Waals surface area contributed by atoms with Crippen LogP contribution in [-0.4, -0.2) is 23.7 Å². The molecule has 1 amide bonds. The van der Waals surface area contributed by atoms with Gasteiger partial charge in [0.05, 0.1) is 34.2 Å². The van der Waals surface area contributed by atoms with E-state index in [1.807, 2.05) is 24.3 Å². The molecule has 21 heavy (non-hydrogen) atoms. The van der Waals surface area contributed by atoms with Crippen molar-refractivity contribution in [3.63, 3.8) is 0 Å². The van der Waals surface area contributed by atoms with Crippen LogP contribution in [0.2, 0.25) is 0 Å². The fraction of sp³-hybridized carbons (Fsp3) is 0.214. The summed E-state index contributed by atoms with van der Waals surface area (Å²) in [5.74, 6) is -1.07. The van der Waals surface area contributed by atoms with Gasteiger partial charge in [0.25, 0.3) is 11.7 Å². The molecule has 0 atom stereocenters. The Balaban J connectivity index is 1.91. The molecule has 1 aliphatic heterocycles. The first-order valence-corrected chi connectivity index (χ1v) is 7.94.